The monoisotopic (exact) mass is 310 g/mol. The number of hydrogen-bond acceptors (Lipinski definition) is 3. The van der Waals surface area contributed by atoms with E-state index in [2.05, 4.69) is 18.5 Å². The van der Waals surface area contributed by atoms with Crippen molar-refractivity contribution in [1.29, 1.82) is 0 Å². The number of ether oxygens (including phenoxy) is 1. The van der Waals surface area contributed by atoms with Gasteiger partial charge in [0.05, 0.1) is 7.11 Å². The van der Waals surface area contributed by atoms with Gasteiger partial charge in [0.15, 0.2) is 0 Å². The fourth-order valence-electron chi connectivity index (χ4n) is 1.65. The average Bonchev–Trinajstić information content (AvgIpc) is 2.57. The molecule has 0 aliphatic carbocycles. The van der Waals surface area contributed by atoms with Gasteiger partial charge in [-0.1, -0.05) is 49.9 Å². The predicted molar refractivity (Wildman–Crippen MR) is 96.4 cm³/mol. The van der Waals surface area contributed by atoms with Gasteiger partial charge < -0.3 is 10.5 Å². The Bertz CT molecular complexity index is 650. The van der Waals surface area contributed by atoms with Crippen molar-refractivity contribution in [3.63, 3.8) is 0 Å². The summed E-state index contributed by atoms with van der Waals surface area (Å²) in [6.07, 6.45) is 11.6. The second-order valence-corrected chi connectivity index (χ2v) is 4.63. The first-order valence-corrected chi connectivity index (χ1v) is 7.29. The Morgan fingerprint density at radius 2 is 2.04 bits per heavy atom. The molecule has 0 aliphatic heterocycles. The van der Waals surface area contributed by atoms with E-state index >= 15 is 0 Å². The van der Waals surface area contributed by atoms with E-state index in [9.17, 15) is 4.79 Å². The summed E-state index contributed by atoms with van der Waals surface area (Å²) in [5.74, 6) is 0.149. The molecule has 0 spiro atoms. The molecule has 23 heavy (non-hydrogen) atoms. The summed E-state index contributed by atoms with van der Waals surface area (Å²) in [4.78, 5) is 15.7. The van der Waals surface area contributed by atoms with E-state index in [0.717, 1.165) is 23.3 Å². The number of hydrogen-bond donors (Lipinski definition) is 1. The van der Waals surface area contributed by atoms with Crippen molar-refractivity contribution < 1.29 is 9.53 Å². The predicted octanol–water partition coefficient (Wildman–Crippen LogP) is 3.67. The lowest BCUT2D eigenvalue weighted by Gasteiger charge is -2.01. The highest BCUT2D eigenvalue weighted by Gasteiger charge is 2.03. The van der Waals surface area contributed by atoms with E-state index in [1.165, 1.54) is 0 Å². The highest BCUT2D eigenvalue weighted by atomic mass is 16.5. The van der Waals surface area contributed by atoms with Crippen LogP contribution in [-0.2, 0) is 4.79 Å². The molecule has 0 heterocycles. The summed E-state index contributed by atoms with van der Waals surface area (Å²) in [5.41, 5.74) is 7.15. The van der Waals surface area contributed by atoms with Gasteiger partial charge in [0.2, 0.25) is 0 Å². The molecular formula is C19H22N2O2. The molecule has 0 saturated heterocycles. The van der Waals surface area contributed by atoms with Crippen LogP contribution in [0.15, 0.2) is 71.4 Å². The van der Waals surface area contributed by atoms with Crippen LogP contribution in [0, 0.1) is 0 Å². The highest BCUT2D eigenvalue weighted by Crippen LogP contribution is 2.14. The number of carbonyl (C=O) groups excluding carboxylic acids is 1. The number of carbonyl (C=O) groups is 1. The normalized spacial score (nSPS) is 12.8. The van der Waals surface area contributed by atoms with Crippen LogP contribution in [0.4, 0.5) is 0 Å². The summed E-state index contributed by atoms with van der Waals surface area (Å²) >= 11 is 0. The van der Waals surface area contributed by atoms with E-state index in [1.54, 1.807) is 37.6 Å². The zero-order chi connectivity index (χ0) is 17.1. The van der Waals surface area contributed by atoms with Crippen LogP contribution in [0.2, 0.25) is 0 Å². The van der Waals surface area contributed by atoms with Crippen molar-refractivity contribution >= 4 is 18.2 Å². The van der Waals surface area contributed by atoms with Crippen LogP contribution < -0.4 is 10.5 Å². The Balaban J connectivity index is 3.01. The first-order chi connectivity index (χ1) is 11.1. The maximum Gasteiger partial charge on any atom is 0.267 e. The van der Waals surface area contributed by atoms with Gasteiger partial charge in [-0.25, -0.2) is 0 Å². The fourth-order valence-corrected chi connectivity index (χ4v) is 1.65. The Morgan fingerprint density at radius 3 is 2.57 bits per heavy atom. The number of rotatable bonds is 8. The van der Waals surface area contributed by atoms with E-state index in [4.69, 9.17) is 10.5 Å². The molecule has 0 aliphatic rings. The van der Waals surface area contributed by atoms with Crippen molar-refractivity contribution in [2.45, 2.75) is 13.3 Å². The molecule has 4 heteroatoms. The van der Waals surface area contributed by atoms with Gasteiger partial charge in [0.25, 0.3) is 5.91 Å². The lowest BCUT2D eigenvalue weighted by molar-refractivity contribution is -0.114. The third-order valence-corrected chi connectivity index (χ3v) is 2.92. The topological polar surface area (TPSA) is 64.7 Å². The molecule has 0 radical (unpaired) electrons. The quantitative estimate of drug-likeness (QED) is 0.452. The molecular weight excluding hydrogens is 288 g/mol. The van der Waals surface area contributed by atoms with Crippen molar-refractivity contribution in [3.8, 4) is 5.75 Å². The van der Waals surface area contributed by atoms with Crippen molar-refractivity contribution in [2.75, 3.05) is 7.11 Å². The number of allylic oxidation sites excluding steroid dienone is 5. The van der Waals surface area contributed by atoms with Crippen LogP contribution in [0.1, 0.15) is 18.9 Å². The molecule has 1 aromatic rings. The van der Waals surface area contributed by atoms with Crippen LogP contribution in [-0.4, -0.2) is 19.2 Å². The van der Waals surface area contributed by atoms with E-state index in [0.29, 0.717) is 0 Å². The molecule has 0 fully saturated rings. The summed E-state index contributed by atoms with van der Waals surface area (Å²) < 4.78 is 5.09. The number of benzene rings is 1. The fraction of sp³-hybridized carbons (Fsp3) is 0.158. The Hall–Kier alpha value is -2.88. The minimum absolute atomic E-state index is 0.169. The summed E-state index contributed by atoms with van der Waals surface area (Å²) in [5, 5.41) is 0. The number of methoxy groups -OCH3 is 1. The number of nitrogens with two attached hydrogens (primary N) is 1. The number of amides is 1. The Morgan fingerprint density at radius 1 is 1.35 bits per heavy atom. The average molecular weight is 310 g/mol. The molecule has 1 aromatic carbocycles. The van der Waals surface area contributed by atoms with Crippen LogP contribution in [0.25, 0.3) is 6.08 Å². The van der Waals surface area contributed by atoms with E-state index in [1.807, 2.05) is 30.4 Å². The molecule has 1 rings (SSSR count). The summed E-state index contributed by atoms with van der Waals surface area (Å²) in [6, 6.07) is 7.26. The maximum absolute atomic E-state index is 11.5. The molecule has 4 nitrogen and oxygen atoms in total. The Labute approximate surface area is 137 Å². The SMILES string of the molecule is C=CC(/C=N\C(=C/c1ccc(OC)cc1)C(N)=O)=C\C=C/CC. The van der Waals surface area contributed by atoms with Gasteiger partial charge in [-0.05, 0) is 35.8 Å². The summed E-state index contributed by atoms with van der Waals surface area (Å²) in [6.45, 7) is 5.77. The summed E-state index contributed by atoms with van der Waals surface area (Å²) in [7, 11) is 1.60. The third-order valence-electron chi connectivity index (χ3n) is 2.92. The zero-order valence-electron chi connectivity index (χ0n) is 13.5. The van der Waals surface area contributed by atoms with Crippen LogP contribution >= 0.6 is 0 Å². The lowest BCUT2D eigenvalue weighted by atomic mass is 10.2. The zero-order valence-corrected chi connectivity index (χ0v) is 13.5. The second kappa shape index (κ2) is 9.95. The van der Waals surface area contributed by atoms with E-state index < -0.39 is 5.91 Å². The lowest BCUT2D eigenvalue weighted by Crippen LogP contribution is -2.12. The molecule has 0 bridgehead atoms. The van der Waals surface area contributed by atoms with Gasteiger partial charge in [0, 0.05) is 6.21 Å². The first kappa shape index (κ1) is 18.2. The van der Waals surface area contributed by atoms with Crippen molar-refractivity contribution in [3.05, 3.63) is 72.0 Å². The highest BCUT2D eigenvalue weighted by molar-refractivity contribution is 5.99. The smallest absolute Gasteiger partial charge is 0.267 e. The van der Waals surface area contributed by atoms with Crippen LogP contribution in [0.3, 0.4) is 0 Å². The molecule has 1 amide bonds. The molecule has 0 unspecified atom stereocenters. The van der Waals surface area contributed by atoms with Gasteiger partial charge in [-0.3, -0.25) is 9.79 Å². The first-order valence-electron chi connectivity index (χ1n) is 7.29. The molecule has 0 atom stereocenters. The minimum Gasteiger partial charge on any atom is -0.497 e. The van der Waals surface area contributed by atoms with E-state index in [-0.39, 0.29) is 5.70 Å². The number of primary amides is 1. The van der Waals surface area contributed by atoms with Crippen LogP contribution in [0.5, 0.6) is 5.75 Å². The molecule has 0 aromatic heterocycles. The standard InChI is InChI=1S/C19H22N2O2/c1-4-6-7-8-15(5-2)14-21-18(19(20)22)13-16-9-11-17(23-3)12-10-16/h5-14H,2,4H2,1,3H3,(H2,20,22)/b7-6-,15-8+,18-13-,21-14-. The number of nitrogens with zero attached hydrogens (tertiary/aromatic N) is 1. The maximum atomic E-state index is 11.5. The van der Waals surface area contributed by atoms with Crippen molar-refractivity contribution in [1.82, 2.24) is 0 Å². The largest absolute Gasteiger partial charge is 0.497 e. The molecule has 0 saturated carbocycles. The molecule has 2 N–H and O–H groups in total. The van der Waals surface area contributed by atoms with Crippen molar-refractivity contribution in [2.24, 2.45) is 10.7 Å². The molecule has 120 valence electrons. The van der Waals surface area contributed by atoms with Gasteiger partial charge >= 0.3 is 0 Å². The minimum atomic E-state index is -0.593. The third kappa shape index (κ3) is 6.61. The van der Waals surface area contributed by atoms with Gasteiger partial charge in [-0.15, -0.1) is 0 Å². The van der Waals surface area contributed by atoms with Gasteiger partial charge in [0.1, 0.15) is 11.4 Å². The number of aliphatic imine (C=N–C) groups is 1. The van der Waals surface area contributed by atoms with Gasteiger partial charge in [-0.2, -0.15) is 0 Å². The Kier molecular flexibility index (Phi) is 7.86. The second-order valence-electron chi connectivity index (χ2n) is 4.63.